The van der Waals surface area contributed by atoms with Crippen LogP contribution < -0.4 is 25.6 Å². The Morgan fingerprint density at radius 2 is 0.536 bits per heavy atom. The zero-order chi connectivity index (χ0) is 46.0. The predicted octanol–water partition coefficient (Wildman–Crippen LogP) is 14.6. The van der Waals surface area contributed by atoms with Crippen molar-refractivity contribution in [3.8, 4) is 39.1 Å². The average molecular weight is 897 g/mol. The molecule has 0 radical (unpaired) electrons. The van der Waals surface area contributed by atoms with Crippen LogP contribution in [0.2, 0.25) is 0 Å². The van der Waals surface area contributed by atoms with E-state index in [2.05, 4.69) is 301 Å². The third-order valence-corrected chi connectivity index (χ3v) is 18.6. The van der Waals surface area contributed by atoms with Crippen LogP contribution in [0.1, 0.15) is 0 Å². The molecule has 2 nitrogen and oxygen atoms in total. The van der Waals surface area contributed by atoms with E-state index in [0.29, 0.717) is 0 Å². The minimum absolute atomic E-state index is 1.09. The van der Waals surface area contributed by atoms with E-state index in [1.807, 2.05) is 0 Å². The fourth-order valence-electron chi connectivity index (χ4n) is 10.5. The second kappa shape index (κ2) is 18.1. The molecule has 0 aliphatic carbocycles. The molecule has 326 valence electrons. The molecule has 12 rings (SSSR count). The minimum atomic E-state index is -2.70. The van der Waals surface area contributed by atoms with Crippen molar-refractivity contribution in [2.45, 2.75) is 0 Å². The first-order chi connectivity index (χ1) is 34.2. The number of benzene rings is 11. The Balaban J connectivity index is 0.971. The highest BCUT2D eigenvalue weighted by Gasteiger charge is 2.41. The summed E-state index contributed by atoms with van der Waals surface area (Å²) in [6, 6.07) is 107. The van der Waals surface area contributed by atoms with E-state index >= 15 is 0 Å². The van der Waals surface area contributed by atoms with Gasteiger partial charge in [-0.25, -0.2) is 0 Å². The summed E-state index contributed by atoms with van der Waals surface area (Å²) in [5.41, 5.74) is 14.0. The van der Waals surface area contributed by atoms with Crippen molar-refractivity contribution in [3.63, 3.8) is 0 Å². The lowest BCUT2D eigenvalue weighted by Gasteiger charge is -2.35. The highest BCUT2D eigenvalue weighted by Crippen LogP contribution is 2.40. The number of para-hydroxylation sites is 1. The van der Waals surface area contributed by atoms with E-state index in [9.17, 15) is 0 Å². The fraction of sp³-hybridized carbons (Fsp3) is 0. The van der Waals surface area contributed by atoms with Gasteiger partial charge in [0.25, 0.3) is 0 Å². The molecule has 0 fully saturated rings. The summed E-state index contributed by atoms with van der Waals surface area (Å²) in [5.74, 6) is 0. The molecular formula is C66H48N2Si. The van der Waals surface area contributed by atoms with Gasteiger partial charge in [-0.1, -0.05) is 218 Å². The van der Waals surface area contributed by atoms with Gasteiger partial charge in [0.1, 0.15) is 0 Å². The standard InChI is InChI=1S/C66H48N2Si/c1-7-19-49(20-8-1)51-31-37-56(38-32-51)67(58-41-43-62(44-42-58)69(59-25-13-4-14-26-59,60-27-15-5-16-28-60)61-29-17-6-18-30-61)57-39-33-52(34-40-57)54-36-46-66-64(48-54)63-47-53(50-21-9-2-10-22-50)35-45-65(63)68(66)55-23-11-3-12-24-55/h1-48H. The zero-order valence-electron chi connectivity index (χ0n) is 38.1. The number of nitrogens with zero attached hydrogens (tertiary/aromatic N) is 2. The van der Waals surface area contributed by atoms with Gasteiger partial charge >= 0.3 is 0 Å². The Labute approximate surface area is 405 Å². The van der Waals surface area contributed by atoms with E-state index in [0.717, 1.165) is 22.7 Å². The average Bonchev–Trinajstić information content (AvgIpc) is 3.77. The number of hydrogen-bond acceptors (Lipinski definition) is 1. The summed E-state index contributed by atoms with van der Waals surface area (Å²) in [6.45, 7) is 0. The first-order valence-electron chi connectivity index (χ1n) is 23.7. The van der Waals surface area contributed by atoms with E-state index in [4.69, 9.17) is 0 Å². The molecule has 11 aromatic carbocycles. The molecule has 0 aliphatic rings. The Hall–Kier alpha value is -8.76. The fourth-order valence-corrected chi connectivity index (χ4v) is 15.2. The van der Waals surface area contributed by atoms with Crippen molar-refractivity contribution in [2.75, 3.05) is 4.90 Å². The molecule has 0 unspecified atom stereocenters. The molecule has 69 heavy (non-hydrogen) atoms. The van der Waals surface area contributed by atoms with Gasteiger partial charge in [0.2, 0.25) is 0 Å². The van der Waals surface area contributed by atoms with Crippen LogP contribution in [0.5, 0.6) is 0 Å². The second-order valence-electron chi connectivity index (χ2n) is 17.7. The molecule has 0 spiro atoms. The van der Waals surface area contributed by atoms with Crippen molar-refractivity contribution < 1.29 is 0 Å². The van der Waals surface area contributed by atoms with Crippen LogP contribution in [-0.2, 0) is 0 Å². The summed E-state index contributed by atoms with van der Waals surface area (Å²) in [7, 11) is -2.70. The zero-order valence-corrected chi connectivity index (χ0v) is 39.1. The molecule has 0 saturated carbocycles. The third-order valence-electron chi connectivity index (χ3n) is 13.8. The lowest BCUT2D eigenvalue weighted by Crippen LogP contribution is -2.74. The topological polar surface area (TPSA) is 8.17 Å². The van der Waals surface area contributed by atoms with Gasteiger partial charge in [-0.15, -0.1) is 0 Å². The number of aromatic nitrogens is 1. The summed E-state index contributed by atoms with van der Waals surface area (Å²) < 4.78 is 2.39. The van der Waals surface area contributed by atoms with Crippen LogP contribution in [0.15, 0.2) is 291 Å². The first kappa shape index (κ1) is 41.7. The van der Waals surface area contributed by atoms with Crippen LogP contribution in [0, 0.1) is 0 Å². The lowest BCUT2D eigenvalue weighted by molar-refractivity contribution is 1.18. The maximum atomic E-state index is 2.39. The predicted molar refractivity (Wildman–Crippen MR) is 295 cm³/mol. The van der Waals surface area contributed by atoms with Crippen LogP contribution in [0.4, 0.5) is 17.1 Å². The largest absolute Gasteiger partial charge is 0.311 e. The van der Waals surface area contributed by atoms with E-state index < -0.39 is 8.07 Å². The van der Waals surface area contributed by atoms with Gasteiger partial charge in [-0.3, -0.25) is 0 Å². The Morgan fingerprint density at radius 3 is 0.942 bits per heavy atom. The third kappa shape index (κ3) is 7.65. The quantitative estimate of drug-likeness (QED) is 0.0928. The van der Waals surface area contributed by atoms with E-state index in [-0.39, 0.29) is 0 Å². The van der Waals surface area contributed by atoms with Crippen molar-refractivity contribution in [1.82, 2.24) is 4.57 Å². The molecule has 0 saturated heterocycles. The maximum absolute atomic E-state index is 2.70. The summed E-state index contributed by atoms with van der Waals surface area (Å²) in [4.78, 5) is 2.39. The Kier molecular flexibility index (Phi) is 11.0. The van der Waals surface area contributed by atoms with E-state index in [1.54, 1.807) is 0 Å². The molecule has 0 amide bonds. The maximum Gasteiger partial charge on any atom is 0.179 e. The monoisotopic (exact) mass is 896 g/mol. The van der Waals surface area contributed by atoms with E-state index in [1.165, 1.54) is 75.9 Å². The molecule has 1 aromatic heterocycles. The molecule has 12 aromatic rings. The number of rotatable bonds is 11. The Morgan fingerprint density at radius 1 is 0.246 bits per heavy atom. The van der Waals surface area contributed by atoms with Gasteiger partial charge in [0, 0.05) is 33.5 Å². The summed E-state index contributed by atoms with van der Waals surface area (Å²) in [5, 5.41) is 7.89. The summed E-state index contributed by atoms with van der Waals surface area (Å²) >= 11 is 0. The number of hydrogen-bond donors (Lipinski definition) is 0. The van der Waals surface area contributed by atoms with Gasteiger partial charge in [-0.2, -0.15) is 0 Å². The Bertz CT molecular complexity index is 3550. The SMILES string of the molecule is c1ccc(-c2ccc(N(c3ccc(-c4ccc5c(c4)c4cc(-c6ccccc6)ccc4n5-c4ccccc4)cc3)c3ccc([Si](c4ccccc4)(c4ccccc4)c4ccccc4)cc3)cc2)cc1. The highest BCUT2D eigenvalue weighted by atomic mass is 28.3. The highest BCUT2D eigenvalue weighted by molar-refractivity contribution is 7.19. The molecular weight excluding hydrogens is 849 g/mol. The number of fused-ring (bicyclic) bond motifs is 3. The van der Waals surface area contributed by atoms with Crippen molar-refractivity contribution in [2.24, 2.45) is 0 Å². The van der Waals surface area contributed by atoms with Crippen molar-refractivity contribution >= 4 is 67.7 Å². The molecule has 0 atom stereocenters. The molecule has 0 bridgehead atoms. The second-order valence-corrected chi connectivity index (χ2v) is 21.5. The smallest absolute Gasteiger partial charge is 0.179 e. The van der Waals surface area contributed by atoms with Crippen molar-refractivity contribution in [3.05, 3.63) is 291 Å². The summed E-state index contributed by atoms with van der Waals surface area (Å²) in [6.07, 6.45) is 0. The van der Waals surface area contributed by atoms with Gasteiger partial charge in [-0.05, 0) is 127 Å². The molecule has 0 aliphatic heterocycles. The normalized spacial score (nSPS) is 11.5. The van der Waals surface area contributed by atoms with Gasteiger partial charge < -0.3 is 9.47 Å². The lowest BCUT2D eigenvalue weighted by atomic mass is 10.00. The minimum Gasteiger partial charge on any atom is -0.311 e. The molecule has 0 N–H and O–H groups in total. The van der Waals surface area contributed by atoms with Crippen molar-refractivity contribution in [1.29, 1.82) is 0 Å². The number of anilines is 3. The van der Waals surface area contributed by atoms with Crippen LogP contribution in [0.25, 0.3) is 60.9 Å². The first-order valence-corrected chi connectivity index (χ1v) is 25.7. The van der Waals surface area contributed by atoms with Gasteiger partial charge in [0.05, 0.1) is 11.0 Å². The molecule has 1 heterocycles. The van der Waals surface area contributed by atoms with Gasteiger partial charge in [0.15, 0.2) is 8.07 Å². The van der Waals surface area contributed by atoms with Crippen LogP contribution >= 0.6 is 0 Å². The van der Waals surface area contributed by atoms with Crippen LogP contribution in [0.3, 0.4) is 0 Å². The van der Waals surface area contributed by atoms with Crippen LogP contribution in [-0.4, -0.2) is 12.6 Å². The molecule has 3 heteroatoms.